The summed E-state index contributed by atoms with van der Waals surface area (Å²) >= 11 is 0. The fraction of sp³-hybridized carbons (Fsp3) is 0.556. The van der Waals surface area contributed by atoms with Crippen LogP contribution in [0.4, 0.5) is 4.79 Å². The van der Waals surface area contributed by atoms with E-state index in [-0.39, 0.29) is 18.1 Å². The Kier molecular flexibility index (Phi) is 4.59. The number of piperidine rings is 1. The Morgan fingerprint density at radius 1 is 1.28 bits per heavy atom. The number of carbonyl (C=O) groups excluding carboxylic acids is 1. The third kappa shape index (κ3) is 3.48. The first-order chi connectivity index (χ1) is 12.2. The lowest BCUT2D eigenvalue weighted by Crippen LogP contribution is -2.52. The molecule has 0 saturated carbocycles. The van der Waals surface area contributed by atoms with Gasteiger partial charge >= 0.3 is 6.03 Å². The van der Waals surface area contributed by atoms with Crippen LogP contribution in [0.2, 0.25) is 0 Å². The van der Waals surface area contributed by atoms with Crippen LogP contribution in [0.25, 0.3) is 11.0 Å². The summed E-state index contributed by atoms with van der Waals surface area (Å²) < 4.78 is 5.32. The molecule has 2 amide bonds. The van der Waals surface area contributed by atoms with Crippen LogP contribution in [0, 0.1) is 0 Å². The number of fused-ring (bicyclic) bond motifs is 1. The average Bonchev–Trinajstić information content (AvgIpc) is 3.08. The van der Waals surface area contributed by atoms with Crippen LogP contribution in [-0.2, 0) is 4.74 Å². The van der Waals surface area contributed by atoms with E-state index in [1.807, 2.05) is 29.2 Å². The molecule has 2 aliphatic rings. The summed E-state index contributed by atoms with van der Waals surface area (Å²) in [5, 5.41) is 3.21. The highest BCUT2D eigenvalue weighted by molar-refractivity contribution is 5.75. The number of aromatic amines is 1. The van der Waals surface area contributed by atoms with Gasteiger partial charge in [-0.3, -0.25) is 4.90 Å². The number of likely N-dealkylation sites (tertiary alicyclic amines) is 1. The average molecular weight is 343 g/mol. The minimum atomic E-state index is 0.0289. The highest BCUT2D eigenvalue weighted by Crippen LogP contribution is 2.29. The van der Waals surface area contributed by atoms with Crippen molar-refractivity contribution in [3.63, 3.8) is 0 Å². The smallest absolute Gasteiger partial charge is 0.317 e. The third-order valence-electron chi connectivity index (χ3n) is 5.22. The first-order valence-corrected chi connectivity index (χ1v) is 8.99. The molecule has 1 aromatic carbocycles. The maximum absolute atomic E-state index is 12.5. The Balaban J connectivity index is 1.44. The minimum Gasteiger partial charge on any atom is -0.378 e. The molecule has 0 radical (unpaired) electrons. The molecule has 0 bridgehead atoms. The molecule has 2 unspecified atom stereocenters. The molecule has 25 heavy (non-hydrogen) atoms. The molecule has 2 aliphatic heterocycles. The Bertz CT molecular complexity index is 707. The summed E-state index contributed by atoms with van der Waals surface area (Å²) in [6, 6.07) is 8.48. The number of benzene rings is 1. The van der Waals surface area contributed by atoms with E-state index in [1.54, 1.807) is 0 Å². The maximum atomic E-state index is 12.5. The number of hydrogen-bond acceptors (Lipinski definition) is 4. The summed E-state index contributed by atoms with van der Waals surface area (Å²) in [6.07, 6.45) is 1.83. The van der Waals surface area contributed by atoms with Crippen molar-refractivity contribution in [2.24, 2.45) is 0 Å². The molecule has 7 nitrogen and oxygen atoms in total. The lowest BCUT2D eigenvalue weighted by atomic mass is 9.97. The SMILES string of the molecule is CN1CCC(NC(=O)N2CCOCC2)CC1c1nc2ccccc2[nH]1. The van der Waals surface area contributed by atoms with E-state index in [2.05, 4.69) is 22.2 Å². The summed E-state index contributed by atoms with van der Waals surface area (Å²) in [6.45, 7) is 3.54. The van der Waals surface area contributed by atoms with Crippen LogP contribution in [0.5, 0.6) is 0 Å². The zero-order chi connectivity index (χ0) is 17.2. The number of para-hydroxylation sites is 2. The zero-order valence-electron chi connectivity index (χ0n) is 14.6. The Morgan fingerprint density at radius 2 is 2.08 bits per heavy atom. The Labute approximate surface area is 147 Å². The van der Waals surface area contributed by atoms with Gasteiger partial charge in [-0.1, -0.05) is 12.1 Å². The maximum Gasteiger partial charge on any atom is 0.317 e. The first-order valence-electron chi connectivity index (χ1n) is 8.99. The molecule has 1 aromatic heterocycles. The molecule has 134 valence electrons. The molecular weight excluding hydrogens is 318 g/mol. The van der Waals surface area contributed by atoms with E-state index in [1.165, 1.54) is 0 Å². The molecule has 2 aromatic rings. The van der Waals surface area contributed by atoms with Crippen molar-refractivity contribution in [3.05, 3.63) is 30.1 Å². The van der Waals surface area contributed by atoms with Crippen molar-refractivity contribution in [2.75, 3.05) is 39.9 Å². The third-order valence-corrected chi connectivity index (χ3v) is 5.22. The van der Waals surface area contributed by atoms with E-state index in [4.69, 9.17) is 9.72 Å². The second-order valence-electron chi connectivity index (χ2n) is 6.91. The van der Waals surface area contributed by atoms with Gasteiger partial charge in [0.15, 0.2) is 0 Å². The molecular formula is C18H25N5O2. The molecule has 2 fully saturated rings. The molecule has 3 heterocycles. The Morgan fingerprint density at radius 3 is 2.88 bits per heavy atom. The monoisotopic (exact) mass is 343 g/mol. The summed E-state index contributed by atoms with van der Waals surface area (Å²) in [5.74, 6) is 0.981. The van der Waals surface area contributed by atoms with Gasteiger partial charge in [0.2, 0.25) is 0 Å². The van der Waals surface area contributed by atoms with Crippen molar-refractivity contribution in [2.45, 2.75) is 24.9 Å². The largest absolute Gasteiger partial charge is 0.378 e. The van der Waals surface area contributed by atoms with Gasteiger partial charge in [0.1, 0.15) is 5.82 Å². The van der Waals surface area contributed by atoms with Gasteiger partial charge in [0.25, 0.3) is 0 Å². The minimum absolute atomic E-state index is 0.0289. The number of aromatic nitrogens is 2. The fourth-order valence-electron chi connectivity index (χ4n) is 3.70. The Hall–Kier alpha value is -2.12. The predicted molar refractivity (Wildman–Crippen MR) is 95.4 cm³/mol. The second-order valence-corrected chi connectivity index (χ2v) is 6.91. The first kappa shape index (κ1) is 16.4. The van der Waals surface area contributed by atoms with Crippen molar-refractivity contribution in [1.82, 2.24) is 25.1 Å². The van der Waals surface area contributed by atoms with E-state index >= 15 is 0 Å². The van der Waals surface area contributed by atoms with Crippen LogP contribution in [0.15, 0.2) is 24.3 Å². The zero-order valence-corrected chi connectivity index (χ0v) is 14.6. The van der Waals surface area contributed by atoms with Gasteiger partial charge in [0, 0.05) is 25.7 Å². The summed E-state index contributed by atoms with van der Waals surface area (Å²) in [7, 11) is 2.12. The van der Waals surface area contributed by atoms with Gasteiger partial charge in [-0.2, -0.15) is 0 Å². The lowest BCUT2D eigenvalue weighted by molar-refractivity contribution is 0.0510. The number of ether oxygens (including phenoxy) is 1. The quantitative estimate of drug-likeness (QED) is 0.871. The van der Waals surface area contributed by atoms with Crippen LogP contribution in [-0.4, -0.2) is 71.7 Å². The van der Waals surface area contributed by atoms with Gasteiger partial charge in [-0.25, -0.2) is 9.78 Å². The number of urea groups is 1. The number of nitrogens with one attached hydrogen (secondary N) is 2. The number of hydrogen-bond donors (Lipinski definition) is 2. The number of morpholine rings is 1. The topological polar surface area (TPSA) is 73.5 Å². The predicted octanol–water partition coefficient (Wildman–Crippen LogP) is 1.74. The van der Waals surface area contributed by atoms with Gasteiger partial charge in [0.05, 0.1) is 30.3 Å². The van der Waals surface area contributed by atoms with Gasteiger partial charge in [-0.05, 0) is 32.0 Å². The molecule has 0 aliphatic carbocycles. The van der Waals surface area contributed by atoms with E-state index < -0.39 is 0 Å². The van der Waals surface area contributed by atoms with Crippen molar-refractivity contribution in [1.29, 1.82) is 0 Å². The van der Waals surface area contributed by atoms with E-state index in [0.717, 1.165) is 36.2 Å². The van der Waals surface area contributed by atoms with Gasteiger partial charge < -0.3 is 19.9 Å². The number of carbonyl (C=O) groups is 1. The second kappa shape index (κ2) is 7.01. The number of rotatable bonds is 2. The number of imidazole rings is 1. The van der Waals surface area contributed by atoms with Crippen LogP contribution < -0.4 is 5.32 Å². The van der Waals surface area contributed by atoms with Crippen molar-refractivity contribution in [3.8, 4) is 0 Å². The lowest BCUT2D eigenvalue weighted by Gasteiger charge is -2.37. The van der Waals surface area contributed by atoms with Gasteiger partial charge in [-0.15, -0.1) is 0 Å². The number of nitrogens with zero attached hydrogens (tertiary/aromatic N) is 3. The van der Waals surface area contributed by atoms with E-state index in [9.17, 15) is 4.79 Å². The van der Waals surface area contributed by atoms with E-state index in [0.29, 0.717) is 26.3 Å². The molecule has 2 N–H and O–H groups in total. The van der Waals surface area contributed by atoms with Crippen molar-refractivity contribution < 1.29 is 9.53 Å². The highest BCUT2D eigenvalue weighted by Gasteiger charge is 2.31. The van der Waals surface area contributed by atoms with Crippen LogP contribution in [0.1, 0.15) is 24.7 Å². The van der Waals surface area contributed by atoms with Crippen LogP contribution in [0.3, 0.4) is 0 Å². The number of amides is 2. The molecule has 4 rings (SSSR count). The standard InChI is InChI=1S/C18H25N5O2/c1-22-7-6-13(19-18(24)23-8-10-25-11-9-23)12-16(22)17-20-14-4-2-3-5-15(14)21-17/h2-5,13,16H,6-12H2,1H3,(H,19,24)(H,20,21). The number of H-pyrrole nitrogens is 1. The summed E-state index contributed by atoms with van der Waals surface area (Å²) in [4.78, 5) is 24.8. The fourth-order valence-corrected chi connectivity index (χ4v) is 3.70. The van der Waals surface area contributed by atoms with Crippen LogP contribution >= 0.6 is 0 Å². The normalized spacial score (nSPS) is 25.2. The molecule has 7 heteroatoms. The molecule has 2 atom stereocenters. The van der Waals surface area contributed by atoms with Crippen molar-refractivity contribution >= 4 is 17.1 Å². The molecule has 0 spiro atoms. The molecule has 2 saturated heterocycles. The highest BCUT2D eigenvalue weighted by atomic mass is 16.5. The summed E-state index contributed by atoms with van der Waals surface area (Å²) in [5.41, 5.74) is 2.05.